The molecule has 0 atom stereocenters. The van der Waals surface area contributed by atoms with E-state index in [1.54, 1.807) is 65.5 Å². The number of alkyl halides is 1. The third kappa shape index (κ3) is 16.6. The molecule has 7 aromatic rings. The molecule has 1 amide bonds. The number of halogens is 1. The fourth-order valence-corrected chi connectivity index (χ4v) is 4.76. The molecule has 0 saturated carbocycles. The number of nitriles is 3. The molecule has 0 aliphatic heterocycles. The van der Waals surface area contributed by atoms with Crippen molar-refractivity contribution < 1.29 is 83.5 Å². The van der Waals surface area contributed by atoms with Gasteiger partial charge in [-0.3, -0.25) is 9.59 Å². The molecule has 0 aliphatic rings. The van der Waals surface area contributed by atoms with Crippen molar-refractivity contribution in [2.24, 2.45) is 5.73 Å². The molecule has 0 bridgehead atoms. The zero-order chi connectivity index (χ0) is 46.6. The molecule has 0 aliphatic carbocycles. The molecule has 7 aromatic heterocycles. The SMILES string of the molecule is CCOC(=O)C(=O)CBr.CCOC(=O)c1cn2ccc(C#N)cc2n1.N#Cc1ccn2cc(C(=O)O)nc2c1.N#Cc1ccnc(N)c1.NC(=O)c1ccn2cc(C(=O)O)nc2c1.[Na+].[OH-]. The number of nitrogens with two attached hydrogens (primary N) is 2. The molecule has 0 spiro atoms. The van der Waals surface area contributed by atoms with Gasteiger partial charge in [0.15, 0.2) is 17.1 Å². The molecule has 7 N–H and O–H groups in total. The average molecular weight is 962 g/mol. The number of carbonyl (C=O) groups is 6. The quantitative estimate of drug-likeness (QED) is 0.0688. The van der Waals surface area contributed by atoms with Gasteiger partial charge in [0.2, 0.25) is 11.7 Å². The number of esters is 2. The number of anilines is 1. The minimum Gasteiger partial charge on any atom is -0.870 e. The number of nitrogen functional groups attached to an aromatic ring is 1. The summed E-state index contributed by atoms with van der Waals surface area (Å²) < 4.78 is 14.0. The van der Waals surface area contributed by atoms with Gasteiger partial charge in [0.05, 0.1) is 53.4 Å². The van der Waals surface area contributed by atoms with Gasteiger partial charge in [-0.2, -0.15) is 15.8 Å². The molecular formula is C40H34BrN12NaO11. The van der Waals surface area contributed by atoms with E-state index in [0.29, 0.717) is 51.6 Å². The van der Waals surface area contributed by atoms with Gasteiger partial charge in [0.1, 0.15) is 22.8 Å². The van der Waals surface area contributed by atoms with Crippen LogP contribution in [0.5, 0.6) is 0 Å². The Kier molecular flexibility index (Phi) is 22.9. The van der Waals surface area contributed by atoms with Gasteiger partial charge in [0.25, 0.3) is 0 Å². The summed E-state index contributed by atoms with van der Waals surface area (Å²) >= 11 is 2.83. The van der Waals surface area contributed by atoms with Crippen LogP contribution in [-0.4, -0.2) is 103 Å². The molecule has 0 saturated heterocycles. The van der Waals surface area contributed by atoms with Crippen LogP contribution in [-0.2, 0) is 19.1 Å². The normalized spacial score (nSPS) is 9.35. The number of carboxylic acid groups (broad SMARTS) is 2. The topological polar surface area (TPSA) is 380 Å². The molecule has 65 heavy (non-hydrogen) atoms. The number of aromatic carboxylic acids is 2. The van der Waals surface area contributed by atoms with Gasteiger partial charge in [-0.1, -0.05) is 15.9 Å². The van der Waals surface area contributed by atoms with E-state index >= 15 is 0 Å². The van der Waals surface area contributed by atoms with Crippen LogP contribution < -0.4 is 41.0 Å². The van der Waals surface area contributed by atoms with Crippen LogP contribution in [0.4, 0.5) is 5.82 Å². The maximum atomic E-state index is 11.4. The average Bonchev–Trinajstić information content (AvgIpc) is 4.03. The van der Waals surface area contributed by atoms with Crippen LogP contribution in [0.3, 0.4) is 0 Å². The van der Waals surface area contributed by atoms with Gasteiger partial charge >= 0.3 is 53.4 Å². The summed E-state index contributed by atoms with van der Waals surface area (Å²) in [5.41, 5.74) is 13.7. The number of hydrogen-bond donors (Lipinski definition) is 4. The largest absolute Gasteiger partial charge is 1.00 e. The number of rotatable bonds is 8. The Labute approximate surface area is 397 Å². The summed E-state index contributed by atoms with van der Waals surface area (Å²) in [6.45, 7) is 3.95. The minimum atomic E-state index is -1.11. The van der Waals surface area contributed by atoms with Crippen molar-refractivity contribution in [2.45, 2.75) is 13.8 Å². The van der Waals surface area contributed by atoms with Crippen molar-refractivity contribution in [3.8, 4) is 18.2 Å². The van der Waals surface area contributed by atoms with E-state index in [4.69, 9.17) is 42.2 Å². The first-order valence-electron chi connectivity index (χ1n) is 17.6. The fraction of sp³-hybridized carbons (Fsp3) is 0.125. The van der Waals surface area contributed by atoms with Crippen LogP contribution in [0.2, 0.25) is 0 Å². The first kappa shape index (κ1) is 55.0. The summed E-state index contributed by atoms with van der Waals surface area (Å²) in [6, 6.07) is 18.4. The zero-order valence-electron chi connectivity index (χ0n) is 34.4. The maximum Gasteiger partial charge on any atom is 1.00 e. The second-order valence-corrected chi connectivity index (χ2v) is 12.3. The first-order chi connectivity index (χ1) is 30.1. The Balaban J connectivity index is 0.000000411. The van der Waals surface area contributed by atoms with E-state index in [9.17, 15) is 28.8 Å². The number of ether oxygens (including phenoxy) is 2. The Morgan fingerprint density at radius 3 is 1.52 bits per heavy atom. The second kappa shape index (κ2) is 27.1. The van der Waals surface area contributed by atoms with Crippen LogP contribution in [0.25, 0.3) is 16.9 Å². The van der Waals surface area contributed by atoms with Crippen molar-refractivity contribution in [2.75, 3.05) is 24.3 Å². The molecule has 25 heteroatoms. The fourth-order valence-electron chi connectivity index (χ4n) is 4.53. The number of imidazole rings is 3. The van der Waals surface area contributed by atoms with Crippen molar-refractivity contribution in [3.05, 3.63) is 131 Å². The number of aromatic nitrogens is 7. The van der Waals surface area contributed by atoms with E-state index in [2.05, 4.69) is 40.6 Å². The number of fused-ring (bicyclic) bond motifs is 3. The molecule has 0 radical (unpaired) electrons. The third-order valence-electron chi connectivity index (χ3n) is 7.38. The van der Waals surface area contributed by atoms with E-state index in [0.717, 1.165) is 0 Å². The molecule has 7 heterocycles. The number of ketones is 1. The summed E-state index contributed by atoms with van der Waals surface area (Å²) in [7, 11) is 0. The van der Waals surface area contributed by atoms with Crippen LogP contribution in [0, 0.1) is 34.0 Å². The predicted octanol–water partition coefficient (Wildman–Crippen LogP) is 0.294. The molecule has 7 rings (SSSR count). The van der Waals surface area contributed by atoms with Crippen molar-refractivity contribution in [1.82, 2.24) is 33.1 Å². The third-order valence-corrected chi connectivity index (χ3v) is 7.89. The Bertz CT molecular complexity index is 2940. The number of pyridine rings is 4. The van der Waals surface area contributed by atoms with E-state index in [-0.39, 0.29) is 64.1 Å². The summed E-state index contributed by atoms with van der Waals surface area (Å²) in [6.07, 6.45) is 10.7. The smallest absolute Gasteiger partial charge is 0.870 e. The predicted molar refractivity (Wildman–Crippen MR) is 224 cm³/mol. The van der Waals surface area contributed by atoms with Gasteiger partial charge in [-0.15, -0.1) is 0 Å². The number of carbonyl (C=O) groups excluding carboxylic acids is 4. The van der Waals surface area contributed by atoms with Gasteiger partial charge in [-0.25, -0.2) is 39.1 Å². The van der Waals surface area contributed by atoms with Gasteiger partial charge in [0, 0.05) is 48.9 Å². The first-order valence-corrected chi connectivity index (χ1v) is 18.8. The van der Waals surface area contributed by atoms with Crippen LogP contribution >= 0.6 is 15.9 Å². The summed E-state index contributed by atoms with van der Waals surface area (Å²) in [5.74, 6) is -4.14. The number of hydrogen-bond acceptors (Lipinski definition) is 17. The Hall–Kier alpha value is -8.05. The number of Topliss-reactive ketones (excluding diaryl/α,β-unsaturated/α-hetero) is 1. The Morgan fingerprint density at radius 2 is 1.12 bits per heavy atom. The number of carboxylic acids is 2. The van der Waals surface area contributed by atoms with E-state index in [1.165, 1.54) is 53.5 Å². The maximum absolute atomic E-state index is 11.4. The van der Waals surface area contributed by atoms with Crippen molar-refractivity contribution in [3.63, 3.8) is 0 Å². The van der Waals surface area contributed by atoms with Crippen molar-refractivity contribution in [1.29, 1.82) is 15.8 Å². The second-order valence-electron chi connectivity index (χ2n) is 11.7. The molecule has 0 fully saturated rings. The molecular weight excluding hydrogens is 927 g/mol. The zero-order valence-corrected chi connectivity index (χ0v) is 38.0. The van der Waals surface area contributed by atoms with E-state index in [1.807, 2.05) is 18.2 Å². The number of primary amides is 1. The minimum absolute atomic E-state index is 0. The molecule has 328 valence electrons. The van der Waals surface area contributed by atoms with E-state index < -0.39 is 35.6 Å². The molecule has 0 aromatic carbocycles. The van der Waals surface area contributed by atoms with Crippen LogP contribution in [0.15, 0.2) is 91.9 Å². The van der Waals surface area contributed by atoms with Gasteiger partial charge < -0.3 is 49.8 Å². The standard InChI is InChI=1S/C11H9N3O2.C9H7N3O3.C9H5N3O2.C6H5N3.C5H7BrO3.Na.H2O/c1-2-16-11(15)9-7-14-4-3-8(6-12)5-10(14)13-9;10-8(13)5-1-2-12-4-6(9(14)15)11-7(12)3-5;10-4-6-1-2-12-5-7(9(13)14)11-8(12)3-6;7-4-5-1-2-9-6(8)3-5;1-2-9-5(8)4(7)3-6;;/h3-5,7H,2H2,1H3;1-4H,(H2,10,13)(H,14,15);1-3,5H,(H,13,14);1-3H,(H2,8,9);2-3H2,1H3;;1H2/q;;;;;+1;/p-1. The Morgan fingerprint density at radius 1 is 0.692 bits per heavy atom. The number of amides is 1. The van der Waals surface area contributed by atoms with Gasteiger partial charge in [-0.05, 0) is 62.4 Å². The van der Waals surface area contributed by atoms with Crippen LogP contribution in [0.1, 0.15) is 72.4 Å². The summed E-state index contributed by atoms with van der Waals surface area (Å²) in [5, 5.41) is 43.1. The molecule has 23 nitrogen and oxygen atoms in total. The number of nitrogens with zero attached hydrogens (tertiary/aromatic N) is 10. The molecule has 0 unspecified atom stereocenters. The monoisotopic (exact) mass is 960 g/mol. The van der Waals surface area contributed by atoms with Crippen molar-refractivity contribution >= 4 is 74.3 Å². The summed E-state index contributed by atoms with van der Waals surface area (Å²) in [4.78, 5) is 79.7.